The standard InChI is InChI=1S/C25H26N2O5/c1-16-20-10-9-19(31-2)14-22(20)32-25(30)21(16)11-12-23(28)26-15-17-5-7-18(8-6-17)27-13-3-4-24(27)29/h5-10,14H,3-4,11-13,15H2,1-2H3,(H,26,28). The van der Waals surface area contributed by atoms with Crippen LogP contribution >= 0.6 is 0 Å². The first kappa shape index (κ1) is 21.6. The molecule has 1 aromatic heterocycles. The molecule has 0 unspecified atom stereocenters. The van der Waals surface area contributed by atoms with Gasteiger partial charge in [0.25, 0.3) is 0 Å². The Balaban J connectivity index is 1.35. The molecule has 0 aliphatic carbocycles. The van der Waals surface area contributed by atoms with Crippen LogP contribution in [0.3, 0.4) is 0 Å². The molecular formula is C25H26N2O5. The van der Waals surface area contributed by atoms with E-state index in [0.717, 1.165) is 35.2 Å². The van der Waals surface area contributed by atoms with Gasteiger partial charge in [-0.2, -0.15) is 0 Å². The first-order valence-corrected chi connectivity index (χ1v) is 10.7. The molecule has 0 bridgehead atoms. The molecule has 1 N–H and O–H groups in total. The minimum atomic E-state index is -0.428. The van der Waals surface area contributed by atoms with E-state index in [-0.39, 0.29) is 18.2 Å². The Morgan fingerprint density at radius 3 is 2.62 bits per heavy atom. The van der Waals surface area contributed by atoms with Crippen LogP contribution < -0.4 is 20.6 Å². The van der Waals surface area contributed by atoms with Gasteiger partial charge in [0.2, 0.25) is 11.8 Å². The van der Waals surface area contributed by atoms with Gasteiger partial charge in [0.15, 0.2) is 0 Å². The van der Waals surface area contributed by atoms with Gasteiger partial charge in [-0.25, -0.2) is 4.79 Å². The molecule has 4 rings (SSSR count). The summed E-state index contributed by atoms with van der Waals surface area (Å²) < 4.78 is 10.6. The summed E-state index contributed by atoms with van der Waals surface area (Å²) in [5.74, 6) is 0.628. The van der Waals surface area contributed by atoms with Crippen LogP contribution in [0.2, 0.25) is 0 Å². The Hall–Kier alpha value is -3.61. The summed E-state index contributed by atoms with van der Waals surface area (Å²) in [7, 11) is 1.56. The van der Waals surface area contributed by atoms with Crippen LogP contribution in [0, 0.1) is 6.92 Å². The van der Waals surface area contributed by atoms with Crippen molar-refractivity contribution in [1.82, 2.24) is 5.32 Å². The number of benzene rings is 2. The summed E-state index contributed by atoms with van der Waals surface area (Å²) in [6, 6.07) is 13.0. The lowest BCUT2D eigenvalue weighted by Crippen LogP contribution is -2.25. The number of aryl methyl sites for hydroxylation is 1. The molecule has 7 heteroatoms. The number of hydrogen-bond acceptors (Lipinski definition) is 5. The Kier molecular flexibility index (Phi) is 6.25. The number of methoxy groups -OCH3 is 1. The van der Waals surface area contributed by atoms with Crippen molar-refractivity contribution in [2.45, 2.75) is 39.2 Å². The van der Waals surface area contributed by atoms with E-state index < -0.39 is 5.63 Å². The number of rotatable bonds is 7. The average Bonchev–Trinajstić information content (AvgIpc) is 3.23. The third-order valence-corrected chi connectivity index (χ3v) is 5.91. The van der Waals surface area contributed by atoms with Crippen LogP contribution in [-0.2, 0) is 22.6 Å². The van der Waals surface area contributed by atoms with Gasteiger partial charge in [0, 0.05) is 48.6 Å². The average molecular weight is 434 g/mol. The highest BCUT2D eigenvalue weighted by Gasteiger charge is 2.21. The lowest BCUT2D eigenvalue weighted by molar-refractivity contribution is -0.121. The third-order valence-electron chi connectivity index (χ3n) is 5.91. The third kappa shape index (κ3) is 4.51. The maximum absolute atomic E-state index is 12.4. The van der Waals surface area contributed by atoms with E-state index in [2.05, 4.69) is 5.32 Å². The van der Waals surface area contributed by atoms with Gasteiger partial charge in [-0.05, 0) is 55.2 Å². The molecule has 1 saturated heterocycles. The van der Waals surface area contributed by atoms with E-state index in [4.69, 9.17) is 9.15 Å². The fraction of sp³-hybridized carbons (Fsp3) is 0.320. The van der Waals surface area contributed by atoms with E-state index in [1.165, 1.54) is 0 Å². The Morgan fingerprint density at radius 2 is 1.94 bits per heavy atom. The molecular weight excluding hydrogens is 408 g/mol. The molecule has 1 fully saturated rings. The van der Waals surface area contributed by atoms with Gasteiger partial charge in [-0.15, -0.1) is 0 Å². The van der Waals surface area contributed by atoms with E-state index in [1.807, 2.05) is 43.3 Å². The van der Waals surface area contributed by atoms with Crippen LogP contribution in [0.15, 0.2) is 51.7 Å². The van der Waals surface area contributed by atoms with Gasteiger partial charge in [-0.1, -0.05) is 12.1 Å². The molecule has 1 aliphatic heterocycles. The van der Waals surface area contributed by atoms with Crippen LogP contribution in [-0.4, -0.2) is 25.5 Å². The molecule has 32 heavy (non-hydrogen) atoms. The zero-order valence-corrected chi connectivity index (χ0v) is 18.3. The van der Waals surface area contributed by atoms with Crippen molar-refractivity contribution in [1.29, 1.82) is 0 Å². The smallest absolute Gasteiger partial charge is 0.339 e. The van der Waals surface area contributed by atoms with E-state index >= 15 is 0 Å². The van der Waals surface area contributed by atoms with Crippen molar-refractivity contribution in [2.24, 2.45) is 0 Å². The molecule has 0 spiro atoms. The summed E-state index contributed by atoms with van der Waals surface area (Å²) >= 11 is 0. The highest BCUT2D eigenvalue weighted by atomic mass is 16.5. The molecule has 0 atom stereocenters. The highest BCUT2D eigenvalue weighted by Crippen LogP contribution is 2.24. The van der Waals surface area contributed by atoms with Crippen molar-refractivity contribution in [3.8, 4) is 5.75 Å². The number of carbonyl (C=O) groups is 2. The predicted octanol–water partition coefficient (Wildman–Crippen LogP) is 3.49. The van der Waals surface area contributed by atoms with Crippen molar-refractivity contribution < 1.29 is 18.7 Å². The number of nitrogens with one attached hydrogen (secondary N) is 1. The van der Waals surface area contributed by atoms with E-state index in [0.29, 0.717) is 36.3 Å². The van der Waals surface area contributed by atoms with Gasteiger partial charge >= 0.3 is 5.63 Å². The molecule has 0 radical (unpaired) electrons. The van der Waals surface area contributed by atoms with Crippen LogP contribution in [0.4, 0.5) is 5.69 Å². The van der Waals surface area contributed by atoms with Gasteiger partial charge in [0.05, 0.1) is 7.11 Å². The van der Waals surface area contributed by atoms with Crippen LogP contribution in [0.5, 0.6) is 5.75 Å². The molecule has 3 aromatic rings. The molecule has 1 aliphatic rings. The number of ether oxygens (including phenoxy) is 1. The normalized spacial score (nSPS) is 13.6. The second-order valence-electron chi connectivity index (χ2n) is 7.95. The molecule has 2 aromatic carbocycles. The number of carbonyl (C=O) groups excluding carboxylic acids is 2. The number of amides is 2. The molecule has 166 valence electrons. The second kappa shape index (κ2) is 9.26. The number of anilines is 1. The van der Waals surface area contributed by atoms with E-state index in [1.54, 1.807) is 18.1 Å². The fourth-order valence-corrected chi connectivity index (χ4v) is 4.03. The Labute approximate surface area is 186 Å². The lowest BCUT2D eigenvalue weighted by atomic mass is 10.0. The lowest BCUT2D eigenvalue weighted by Gasteiger charge is -2.16. The summed E-state index contributed by atoms with van der Waals surface area (Å²) in [6.45, 7) is 3.01. The zero-order valence-electron chi connectivity index (χ0n) is 18.3. The van der Waals surface area contributed by atoms with Crippen LogP contribution in [0.25, 0.3) is 11.0 Å². The van der Waals surface area contributed by atoms with Crippen molar-refractivity contribution >= 4 is 28.5 Å². The van der Waals surface area contributed by atoms with Crippen molar-refractivity contribution in [2.75, 3.05) is 18.6 Å². The van der Waals surface area contributed by atoms with Gasteiger partial charge < -0.3 is 19.4 Å². The Bertz CT molecular complexity index is 1210. The minimum absolute atomic E-state index is 0.141. The Morgan fingerprint density at radius 1 is 1.16 bits per heavy atom. The summed E-state index contributed by atoms with van der Waals surface area (Å²) in [4.78, 5) is 38.4. The SMILES string of the molecule is COc1ccc2c(C)c(CCC(=O)NCc3ccc(N4CCCC4=O)cc3)c(=O)oc2c1. The largest absolute Gasteiger partial charge is 0.497 e. The predicted molar refractivity (Wildman–Crippen MR) is 122 cm³/mol. The first-order chi connectivity index (χ1) is 15.5. The number of hydrogen-bond donors (Lipinski definition) is 1. The summed E-state index contributed by atoms with van der Waals surface area (Å²) in [5.41, 5.74) is 3.21. The van der Waals surface area contributed by atoms with E-state index in [9.17, 15) is 14.4 Å². The fourth-order valence-electron chi connectivity index (χ4n) is 4.03. The molecule has 2 heterocycles. The quantitative estimate of drug-likeness (QED) is 0.575. The maximum atomic E-state index is 12.4. The van der Waals surface area contributed by atoms with Gasteiger partial charge in [-0.3, -0.25) is 9.59 Å². The topological polar surface area (TPSA) is 88.9 Å². The first-order valence-electron chi connectivity index (χ1n) is 10.7. The monoisotopic (exact) mass is 434 g/mol. The number of nitrogens with zero attached hydrogens (tertiary/aromatic N) is 1. The molecule has 0 saturated carbocycles. The van der Waals surface area contributed by atoms with Crippen LogP contribution in [0.1, 0.15) is 36.0 Å². The number of fused-ring (bicyclic) bond motifs is 1. The van der Waals surface area contributed by atoms with Crippen molar-refractivity contribution in [3.05, 3.63) is 69.6 Å². The van der Waals surface area contributed by atoms with Crippen molar-refractivity contribution in [3.63, 3.8) is 0 Å². The zero-order chi connectivity index (χ0) is 22.7. The molecule has 2 amide bonds. The highest BCUT2D eigenvalue weighted by molar-refractivity contribution is 5.95. The molecule has 7 nitrogen and oxygen atoms in total. The maximum Gasteiger partial charge on any atom is 0.339 e. The second-order valence-corrected chi connectivity index (χ2v) is 7.95. The van der Waals surface area contributed by atoms with Gasteiger partial charge in [0.1, 0.15) is 11.3 Å². The summed E-state index contributed by atoms with van der Waals surface area (Å²) in [6.07, 6.45) is 1.98. The summed E-state index contributed by atoms with van der Waals surface area (Å²) in [5, 5.41) is 3.72. The minimum Gasteiger partial charge on any atom is -0.497 e.